The van der Waals surface area contributed by atoms with E-state index in [0.29, 0.717) is 12.2 Å². The first-order valence-corrected chi connectivity index (χ1v) is 15.7. The standard InChI is InChI=1S/C33H45FN2O2S/c1-3-4-5-6-7-8-9-10-11-12-13-14-22-38-33-29(16-15-17-31(33)34)23-32(37)35-30-20-18-28(19-21-30)25-36-24-27(2)39-26-36/h15-21,24,26H,3-14,22-23,25H2,1-2H3/p+1. The van der Waals surface area contributed by atoms with Gasteiger partial charge >= 0.3 is 0 Å². The molecule has 0 saturated heterocycles. The number of ether oxygens (including phenoxy) is 1. The minimum atomic E-state index is -0.412. The number of unbranched alkanes of at least 4 members (excludes halogenated alkanes) is 11. The minimum Gasteiger partial charge on any atom is -0.490 e. The van der Waals surface area contributed by atoms with E-state index in [1.54, 1.807) is 23.5 Å². The Hall–Kier alpha value is -2.73. The Labute approximate surface area is 238 Å². The van der Waals surface area contributed by atoms with Crippen LogP contribution in [-0.4, -0.2) is 12.5 Å². The second-order valence-corrected chi connectivity index (χ2v) is 11.6. The fourth-order valence-electron chi connectivity index (χ4n) is 4.78. The summed E-state index contributed by atoms with van der Waals surface area (Å²) in [5.74, 6) is -0.398. The number of para-hydroxylation sites is 1. The lowest BCUT2D eigenvalue weighted by Gasteiger charge is -2.13. The van der Waals surface area contributed by atoms with E-state index in [4.69, 9.17) is 4.74 Å². The largest absolute Gasteiger partial charge is 0.490 e. The molecule has 39 heavy (non-hydrogen) atoms. The molecule has 3 aromatic rings. The first-order valence-electron chi connectivity index (χ1n) is 14.8. The molecule has 0 saturated carbocycles. The topological polar surface area (TPSA) is 42.2 Å². The van der Waals surface area contributed by atoms with Crippen LogP contribution in [0.25, 0.3) is 0 Å². The third kappa shape index (κ3) is 11.9. The highest BCUT2D eigenvalue weighted by atomic mass is 32.1. The number of hydrogen-bond donors (Lipinski definition) is 1. The summed E-state index contributed by atoms with van der Waals surface area (Å²) in [6.07, 6.45) is 17.4. The van der Waals surface area contributed by atoms with Crippen molar-refractivity contribution in [1.82, 2.24) is 0 Å². The van der Waals surface area contributed by atoms with Crippen molar-refractivity contribution in [3.05, 3.63) is 76.0 Å². The number of hydrogen-bond acceptors (Lipinski definition) is 3. The predicted octanol–water partition coefficient (Wildman–Crippen LogP) is 8.79. The van der Waals surface area contributed by atoms with Crippen LogP contribution in [0.1, 0.15) is 100.0 Å². The van der Waals surface area contributed by atoms with Gasteiger partial charge in [0.1, 0.15) is 0 Å². The highest BCUT2D eigenvalue weighted by Gasteiger charge is 2.14. The number of benzene rings is 2. The van der Waals surface area contributed by atoms with E-state index in [0.717, 1.165) is 30.6 Å². The second kappa shape index (κ2) is 17.8. The molecule has 0 aliphatic heterocycles. The van der Waals surface area contributed by atoms with E-state index >= 15 is 0 Å². The first-order chi connectivity index (χ1) is 19.0. The van der Waals surface area contributed by atoms with Crippen LogP contribution in [0.5, 0.6) is 5.75 Å². The Bertz CT molecular complexity index is 1110. The Morgan fingerprint density at radius 3 is 2.15 bits per heavy atom. The number of aromatic nitrogens is 1. The summed E-state index contributed by atoms with van der Waals surface area (Å²) in [6, 6.07) is 12.6. The molecule has 2 aromatic carbocycles. The molecule has 6 heteroatoms. The molecule has 212 valence electrons. The maximum atomic E-state index is 14.5. The maximum Gasteiger partial charge on any atom is 0.228 e. The molecule has 4 nitrogen and oxygen atoms in total. The number of halogens is 1. The second-order valence-electron chi connectivity index (χ2n) is 10.5. The molecule has 1 N–H and O–H groups in total. The van der Waals surface area contributed by atoms with Crippen molar-refractivity contribution in [3.63, 3.8) is 0 Å². The van der Waals surface area contributed by atoms with Gasteiger partial charge in [-0.3, -0.25) is 4.79 Å². The molecule has 0 radical (unpaired) electrons. The number of aryl methyl sites for hydroxylation is 1. The van der Waals surface area contributed by atoms with Gasteiger partial charge in [0.2, 0.25) is 11.4 Å². The molecule has 0 fully saturated rings. The summed E-state index contributed by atoms with van der Waals surface area (Å²) in [7, 11) is 0. The molecule has 1 heterocycles. The Kier molecular flexibility index (Phi) is 14.0. The number of amides is 1. The van der Waals surface area contributed by atoms with Crippen LogP contribution < -0.4 is 14.6 Å². The van der Waals surface area contributed by atoms with E-state index in [9.17, 15) is 9.18 Å². The smallest absolute Gasteiger partial charge is 0.228 e. The van der Waals surface area contributed by atoms with Crippen LogP contribution in [0.3, 0.4) is 0 Å². The summed E-state index contributed by atoms with van der Waals surface area (Å²) in [4.78, 5) is 14.0. The number of nitrogens with one attached hydrogen (secondary N) is 1. The molecular weight excluding hydrogens is 507 g/mol. The van der Waals surface area contributed by atoms with Gasteiger partial charge in [0, 0.05) is 16.8 Å². The number of thiazole rings is 1. The molecule has 0 aliphatic rings. The summed E-state index contributed by atoms with van der Waals surface area (Å²) in [5, 5.41) is 2.93. The summed E-state index contributed by atoms with van der Waals surface area (Å²) in [5.41, 5.74) is 4.56. The molecule has 0 unspecified atom stereocenters. The molecule has 3 rings (SSSR count). The Balaban J connectivity index is 1.34. The molecule has 0 aliphatic carbocycles. The van der Waals surface area contributed by atoms with Gasteiger partial charge in [-0.2, -0.15) is 4.57 Å². The average Bonchev–Trinajstić information content (AvgIpc) is 3.33. The van der Waals surface area contributed by atoms with Crippen LogP contribution in [-0.2, 0) is 17.8 Å². The highest BCUT2D eigenvalue weighted by molar-refractivity contribution is 7.09. The normalized spacial score (nSPS) is 11.1. The first kappa shape index (κ1) is 30.8. The number of nitrogens with zero attached hydrogens (tertiary/aromatic N) is 1. The predicted molar refractivity (Wildman–Crippen MR) is 160 cm³/mol. The van der Waals surface area contributed by atoms with Crippen molar-refractivity contribution in [1.29, 1.82) is 0 Å². The molecule has 0 atom stereocenters. The fraction of sp³-hybridized carbons (Fsp3) is 0.515. The van der Waals surface area contributed by atoms with E-state index in [-0.39, 0.29) is 18.1 Å². The van der Waals surface area contributed by atoms with Gasteiger partial charge in [-0.15, -0.1) is 0 Å². The lowest BCUT2D eigenvalue weighted by Crippen LogP contribution is -2.30. The molecular formula is C33H46FN2O2S+. The van der Waals surface area contributed by atoms with E-state index in [2.05, 4.69) is 35.4 Å². The summed E-state index contributed by atoms with van der Waals surface area (Å²) < 4.78 is 22.5. The van der Waals surface area contributed by atoms with Crippen molar-refractivity contribution in [2.24, 2.45) is 0 Å². The lowest BCUT2D eigenvalue weighted by molar-refractivity contribution is -0.683. The lowest BCUT2D eigenvalue weighted by atomic mass is 10.1. The average molecular weight is 554 g/mol. The van der Waals surface area contributed by atoms with Gasteiger partial charge in [-0.05, 0) is 31.5 Å². The van der Waals surface area contributed by atoms with E-state index in [1.165, 1.54) is 75.2 Å². The summed E-state index contributed by atoms with van der Waals surface area (Å²) >= 11 is 1.72. The quantitative estimate of drug-likeness (QED) is 0.119. The van der Waals surface area contributed by atoms with E-state index in [1.807, 2.05) is 24.3 Å². The Morgan fingerprint density at radius 2 is 1.54 bits per heavy atom. The van der Waals surface area contributed by atoms with Crippen LogP contribution >= 0.6 is 11.3 Å². The van der Waals surface area contributed by atoms with Crippen molar-refractivity contribution >= 4 is 22.9 Å². The van der Waals surface area contributed by atoms with Crippen LogP contribution in [0.4, 0.5) is 10.1 Å². The number of anilines is 1. The van der Waals surface area contributed by atoms with Crippen LogP contribution in [0.2, 0.25) is 0 Å². The Morgan fingerprint density at radius 1 is 0.897 bits per heavy atom. The van der Waals surface area contributed by atoms with Crippen molar-refractivity contribution < 1.29 is 18.5 Å². The number of rotatable bonds is 19. The maximum absolute atomic E-state index is 14.5. The van der Waals surface area contributed by atoms with Crippen LogP contribution in [0.15, 0.2) is 54.2 Å². The third-order valence-corrected chi connectivity index (χ3v) is 7.82. The van der Waals surface area contributed by atoms with Gasteiger partial charge < -0.3 is 10.1 Å². The van der Waals surface area contributed by atoms with Crippen molar-refractivity contribution in [2.75, 3.05) is 11.9 Å². The molecule has 1 aromatic heterocycles. The zero-order valence-electron chi connectivity index (χ0n) is 23.9. The number of carbonyl (C=O) groups is 1. The van der Waals surface area contributed by atoms with Gasteiger partial charge in [0.05, 0.1) is 17.9 Å². The third-order valence-electron chi connectivity index (χ3n) is 6.97. The SMILES string of the molecule is CCCCCCCCCCCCCCOc1c(F)cccc1CC(=O)Nc1ccc(C[n+]2csc(C)c2)cc1. The minimum absolute atomic E-state index is 0.0668. The van der Waals surface area contributed by atoms with Gasteiger partial charge in [0.25, 0.3) is 0 Å². The highest BCUT2D eigenvalue weighted by Crippen LogP contribution is 2.24. The number of carbonyl (C=O) groups excluding carboxylic acids is 1. The van der Waals surface area contributed by atoms with E-state index < -0.39 is 5.82 Å². The molecule has 0 spiro atoms. The molecule has 0 bridgehead atoms. The van der Waals surface area contributed by atoms with Gasteiger partial charge in [0.15, 0.2) is 24.3 Å². The van der Waals surface area contributed by atoms with Crippen LogP contribution in [0, 0.1) is 12.7 Å². The summed E-state index contributed by atoms with van der Waals surface area (Å²) in [6.45, 7) is 5.61. The monoisotopic (exact) mass is 553 g/mol. The van der Waals surface area contributed by atoms with Crippen molar-refractivity contribution in [3.8, 4) is 5.75 Å². The molecule has 1 amide bonds. The fourth-order valence-corrected chi connectivity index (χ4v) is 5.42. The van der Waals surface area contributed by atoms with Gasteiger partial charge in [-0.1, -0.05) is 113 Å². The zero-order chi connectivity index (χ0) is 27.7. The van der Waals surface area contributed by atoms with Crippen molar-refractivity contribution in [2.45, 2.75) is 104 Å². The zero-order valence-corrected chi connectivity index (χ0v) is 24.7. The van der Waals surface area contributed by atoms with Gasteiger partial charge in [-0.25, -0.2) is 4.39 Å².